The second-order valence-electron chi connectivity index (χ2n) is 6.09. The molecule has 2 saturated heterocycles. The van der Waals surface area contributed by atoms with Crippen molar-refractivity contribution in [2.24, 2.45) is 11.1 Å². The summed E-state index contributed by atoms with van der Waals surface area (Å²) in [4.78, 5) is 26.1. The molecule has 2 rings (SSSR count). The molecule has 6 heteroatoms. The van der Waals surface area contributed by atoms with E-state index in [0.717, 1.165) is 12.8 Å². The highest BCUT2D eigenvalue weighted by atomic mass is 16.5. The minimum Gasteiger partial charge on any atom is -0.480 e. The van der Waals surface area contributed by atoms with Crippen molar-refractivity contribution in [3.05, 3.63) is 0 Å². The molecule has 114 valence electrons. The van der Waals surface area contributed by atoms with Gasteiger partial charge in [-0.1, -0.05) is 0 Å². The molecular weight excluding hydrogens is 260 g/mol. The van der Waals surface area contributed by atoms with E-state index in [2.05, 4.69) is 0 Å². The molecule has 0 aromatic heterocycles. The molecule has 1 unspecified atom stereocenters. The van der Waals surface area contributed by atoms with Gasteiger partial charge in [0.2, 0.25) is 5.91 Å². The van der Waals surface area contributed by atoms with Crippen LogP contribution < -0.4 is 5.73 Å². The van der Waals surface area contributed by atoms with Gasteiger partial charge in [-0.05, 0) is 39.0 Å². The molecule has 0 spiro atoms. The van der Waals surface area contributed by atoms with Crippen LogP contribution in [-0.4, -0.2) is 53.7 Å². The van der Waals surface area contributed by atoms with Crippen molar-refractivity contribution in [3.63, 3.8) is 0 Å². The van der Waals surface area contributed by atoms with Crippen LogP contribution in [0.3, 0.4) is 0 Å². The number of likely N-dealkylation sites (tertiary alicyclic amines) is 1. The number of rotatable bonds is 3. The molecule has 20 heavy (non-hydrogen) atoms. The summed E-state index contributed by atoms with van der Waals surface area (Å²) in [5.74, 6) is -1.03. The molecule has 0 bridgehead atoms. The van der Waals surface area contributed by atoms with E-state index in [-0.39, 0.29) is 12.5 Å². The fourth-order valence-electron chi connectivity index (χ4n) is 3.22. The van der Waals surface area contributed by atoms with Crippen molar-refractivity contribution in [3.8, 4) is 0 Å². The maximum Gasteiger partial charge on any atom is 0.329 e. The van der Waals surface area contributed by atoms with Gasteiger partial charge in [0.15, 0.2) is 0 Å². The van der Waals surface area contributed by atoms with E-state index >= 15 is 0 Å². The molecule has 0 aromatic carbocycles. The van der Waals surface area contributed by atoms with E-state index in [0.29, 0.717) is 39.0 Å². The summed E-state index contributed by atoms with van der Waals surface area (Å²) >= 11 is 0. The maximum absolute atomic E-state index is 13.0. The second kappa shape index (κ2) is 5.69. The van der Waals surface area contributed by atoms with Crippen LogP contribution in [0.4, 0.5) is 0 Å². The van der Waals surface area contributed by atoms with Crippen LogP contribution in [0.25, 0.3) is 0 Å². The summed E-state index contributed by atoms with van der Waals surface area (Å²) in [6.45, 7) is 3.43. The van der Waals surface area contributed by atoms with Crippen LogP contribution in [0.1, 0.15) is 39.0 Å². The summed E-state index contributed by atoms with van der Waals surface area (Å²) in [6.07, 6.45) is 3.35. The molecule has 2 aliphatic rings. The standard InChI is InChI=1S/C14H24N2O4/c1-13(12(18)19)4-2-3-7-16(13)11(17)14(10-15)5-8-20-9-6-14/h2-10,15H2,1H3,(H,18,19). The topological polar surface area (TPSA) is 92.9 Å². The lowest BCUT2D eigenvalue weighted by Gasteiger charge is -2.47. The van der Waals surface area contributed by atoms with Crippen LogP contribution in [0, 0.1) is 5.41 Å². The highest BCUT2D eigenvalue weighted by Gasteiger charge is 2.50. The zero-order chi connectivity index (χ0) is 14.8. The molecule has 2 fully saturated rings. The number of carbonyl (C=O) groups is 2. The Hall–Kier alpha value is -1.14. The average Bonchev–Trinajstić information content (AvgIpc) is 2.47. The largest absolute Gasteiger partial charge is 0.480 e. The Balaban J connectivity index is 2.27. The lowest BCUT2D eigenvalue weighted by Crippen LogP contribution is -2.62. The fraction of sp³-hybridized carbons (Fsp3) is 0.857. The lowest BCUT2D eigenvalue weighted by molar-refractivity contribution is -0.168. The summed E-state index contributed by atoms with van der Waals surface area (Å²) < 4.78 is 5.32. The number of carbonyl (C=O) groups excluding carboxylic acids is 1. The summed E-state index contributed by atoms with van der Waals surface area (Å²) in [6, 6.07) is 0. The van der Waals surface area contributed by atoms with Gasteiger partial charge in [-0.25, -0.2) is 4.79 Å². The SMILES string of the molecule is CC1(C(=O)O)CCCCN1C(=O)C1(CN)CCOCC1. The Morgan fingerprint density at radius 3 is 2.45 bits per heavy atom. The van der Waals surface area contributed by atoms with Gasteiger partial charge in [0.1, 0.15) is 5.54 Å². The molecule has 0 radical (unpaired) electrons. The Morgan fingerprint density at radius 1 is 1.25 bits per heavy atom. The predicted octanol–water partition coefficient (Wildman–Crippen LogP) is 0.598. The number of carboxylic acid groups (broad SMARTS) is 1. The van der Waals surface area contributed by atoms with Gasteiger partial charge < -0.3 is 20.5 Å². The third-order valence-electron chi connectivity index (χ3n) is 4.89. The zero-order valence-corrected chi connectivity index (χ0v) is 12.1. The number of piperidine rings is 1. The number of nitrogens with zero attached hydrogens (tertiary/aromatic N) is 1. The Labute approximate surface area is 119 Å². The molecule has 2 heterocycles. The van der Waals surface area contributed by atoms with Crippen molar-refractivity contribution in [2.75, 3.05) is 26.3 Å². The van der Waals surface area contributed by atoms with Crippen LogP contribution in [0.5, 0.6) is 0 Å². The average molecular weight is 284 g/mol. The molecule has 0 aliphatic carbocycles. The van der Waals surface area contributed by atoms with E-state index in [9.17, 15) is 14.7 Å². The van der Waals surface area contributed by atoms with E-state index in [1.807, 2.05) is 0 Å². The lowest BCUT2D eigenvalue weighted by atomic mass is 9.76. The number of hydrogen-bond acceptors (Lipinski definition) is 4. The Kier molecular flexibility index (Phi) is 4.34. The predicted molar refractivity (Wildman–Crippen MR) is 73.1 cm³/mol. The van der Waals surface area contributed by atoms with Crippen molar-refractivity contribution in [1.82, 2.24) is 4.90 Å². The van der Waals surface area contributed by atoms with E-state index < -0.39 is 16.9 Å². The van der Waals surface area contributed by atoms with Crippen LogP contribution >= 0.6 is 0 Å². The first-order chi connectivity index (χ1) is 9.46. The molecule has 1 amide bonds. The van der Waals surface area contributed by atoms with Crippen molar-refractivity contribution in [1.29, 1.82) is 0 Å². The normalized spacial score (nSPS) is 30.0. The number of nitrogens with two attached hydrogens (primary N) is 1. The Bertz CT molecular complexity index is 393. The minimum atomic E-state index is -1.10. The van der Waals surface area contributed by atoms with Gasteiger partial charge in [0.05, 0.1) is 5.41 Å². The van der Waals surface area contributed by atoms with Gasteiger partial charge in [0.25, 0.3) is 0 Å². The van der Waals surface area contributed by atoms with Gasteiger partial charge in [-0.15, -0.1) is 0 Å². The van der Waals surface area contributed by atoms with Crippen molar-refractivity contribution >= 4 is 11.9 Å². The first-order valence-electron chi connectivity index (χ1n) is 7.30. The van der Waals surface area contributed by atoms with Crippen LogP contribution in [-0.2, 0) is 14.3 Å². The third kappa shape index (κ3) is 2.42. The summed E-state index contributed by atoms with van der Waals surface area (Å²) in [7, 11) is 0. The highest BCUT2D eigenvalue weighted by molar-refractivity contribution is 5.90. The van der Waals surface area contributed by atoms with E-state index in [1.54, 1.807) is 11.8 Å². The number of amides is 1. The zero-order valence-electron chi connectivity index (χ0n) is 12.1. The monoisotopic (exact) mass is 284 g/mol. The van der Waals surface area contributed by atoms with Gasteiger partial charge in [-0.2, -0.15) is 0 Å². The maximum atomic E-state index is 13.0. The quantitative estimate of drug-likeness (QED) is 0.791. The first-order valence-corrected chi connectivity index (χ1v) is 7.30. The molecule has 2 aliphatic heterocycles. The second-order valence-corrected chi connectivity index (χ2v) is 6.09. The highest BCUT2D eigenvalue weighted by Crippen LogP contribution is 2.37. The van der Waals surface area contributed by atoms with Crippen molar-refractivity contribution in [2.45, 2.75) is 44.6 Å². The first kappa shape index (κ1) is 15.3. The molecule has 0 saturated carbocycles. The van der Waals surface area contributed by atoms with Gasteiger partial charge in [0, 0.05) is 26.3 Å². The van der Waals surface area contributed by atoms with Gasteiger partial charge in [-0.3, -0.25) is 4.79 Å². The van der Waals surface area contributed by atoms with E-state index in [1.165, 1.54) is 0 Å². The summed E-state index contributed by atoms with van der Waals surface area (Å²) in [5, 5.41) is 9.52. The number of aliphatic carboxylic acids is 1. The van der Waals surface area contributed by atoms with Crippen molar-refractivity contribution < 1.29 is 19.4 Å². The molecule has 1 atom stereocenters. The number of hydrogen-bond donors (Lipinski definition) is 2. The van der Waals surface area contributed by atoms with Gasteiger partial charge >= 0.3 is 5.97 Å². The number of ether oxygens (including phenoxy) is 1. The molecular formula is C14H24N2O4. The summed E-state index contributed by atoms with van der Waals surface area (Å²) in [5.41, 5.74) is 4.11. The van der Waals surface area contributed by atoms with Crippen LogP contribution in [0.2, 0.25) is 0 Å². The smallest absolute Gasteiger partial charge is 0.329 e. The minimum absolute atomic E-state index is 0.104. The van der Waals surface area contributed by atoms with E-state index in [4.69, 9.17) is 10.5 Å². The molecule has 3 N–H and O–H groups in total. The molecule has 0 aromatic rings. The Morgan fingerprint density at radius 2 is 1.90 bits per heavy atom. The number of carboxylic acids is 1. The fourth-order valence-corrected chi connectivity index (χ4v) is 3.22. The van der Waals surface area contributed by atoms with Crippen LogP contribution in [0.15, 0.2) is 0 Å². The molecule has 6 nitrogen and oxygen atoms in total. The third-order valence-corrected chi connectivity index (χ3v) is 4.89.